The predicted octanol–water partition coefficient (Wildman–Crippen LogP) is -0.558. The molecule has 0 saturated carbocycles. The number of sulfonamides is 1. The number of hydrogen-bond acceptors (Lipinski definition) is 5. The summed E-state index contributed by atoms with van der Waals surface area (Å²) < 4.78 is 27.3. The molecule has 7 nitrogen and oxygen atoms in total. The fourth-order valence-electron chi connectivity index (χ4n) is 1.33. The van der Waals surface area contributed by atoms with Gasteiger partial charge in [0.1, 0.15) is 4.90 Å². The van der Waals surface area contributed by atoms with Crippen molar-refractivity contribution in [2.75, 3.05) is 12.3 Å². The summed E-state index contributed by atoms with van der Waals surface area (Å²) in [6, 6.07) is 0. The number of hydrogen-bond donors (Lipinski definition) is 3. The lowest BCUT2D eigenvalue weighted by Gasteiger charge is -2.08. The Bertz CT molecular complexity index is 469. The molecule has 0 aliphatic rings. The fraction of sp³-hybridized carbons (Fsp3) is 0.667. The first-order valence-electron chi connectivity index (χ1n) is 5.33. The Morgan fingerprint density at radius 2 is 2.29 bits per heavy atom. The maximum Gasteiger partial charge on any atom is 0.245 e. The Balaban J connectivity index is 2.66. The molecule has 98 valence electrons. The van der Waals surface area contributed by atoms with Gasteiger partial charge in [0.25, 0.3) is 0 Å². The molecule has 1 unspecified atom stereocenters. The van der Waals surface area contributed by atoms with E-state index in [0.29, 0.717) is 12.8 Å². The number of nitrogen functional groups attached to an aromatic ring is 1. The standard InChI is InChI=1S/C9H18N4O3S/c1-3-7(14)4-5-11-17(15,16)8-6-13(2)12-9(8)10/h6-7,11,14H,3-5H2,1-2H3,(H2,10,12). The highest BCUT2D eigenvalue weighted by Gasteiger charge is 2.20. The molecule has 0 spiro atoms. The first-order valence-corrected chi connectivity index (χ1v) is 6.82. The van der Waals surface area contributed by atoms with Gasteiger partial charge < -0.3 is 10.8 Å². The molecule has 17 heavy (non-hydrogen) atoms. The van der Waals surface area contributed by atoms with Crippen LogP contribution in [0, 0.1) is 0 Å². The van der Waals surface area contributed by atoms with Crippen LogP contribution in [-0.2, 0) is 17.1 Å². The number of nitrogens with two attached hydrogens (primary N) is 1. The second-order valence-corrected chi connectivity index (χ2v) is 5.54. The van der Waals surface area contributed by atoms with Crippen molar-refractivity contribution in [2.45, 2.75) is 30.8 Å². The van der Waals surface area contributed by atoms with Gasteiger partial charge in [-0.05, 0) is 12.8 Å². The van der Waals surface area contributed by atoms with E-state index in [4.69, 9.17) is 5.73 Å². The van der Waals surface area contributed by atoms with Gasteiger partial charge in [0.15, 0.2) is 5.82 Å². The molecule has 0 aromatic carbocycles. The zero-order valence-electron chi connectivity index (χ0n) is 9.92. The highest BCUT2D eigenvalue weighted by atomic mass is 32.2. The normalized spacial score (nSPS) is 13.8. The first-order chi connectivity index (χ1) is 7.86. The third-order valence-electron chi connectivity index (χ3n) is 2.35. The van der Waals surface area contributed by atoms with Crippen LogP contribution in [0.2, 0.25) is 0 Å². The van der Waals surface area contributed by atoms with Crippen molar-refractivity contribution in [3.63, 3.8) is 0 Å². The molecule has 0 aliphatic heterocycles. The van der Waals surface area contributed by atoms with Crippen LogP contribution < -0.4 is 10.5 Å². The molecule has 8 heteroatoms. The van der Waals surface area contributed by atoms with E-state index >= 15 is 0 Å². The monoisotopic (exact) mass is 262 g/mol. The topological polar surface area (TPSA) is 110 Å². The highest BCUT2D eigenvalue weighted by molar-refractivity contribution is 7.89. The highest BCUT2D eigenvalue weighted by Crippen LogP contribution is 2.15. The number of anilines is 1. The Kier molecular flexibility index (Phi) is 4.49. The number of nitrogens with one attached hydrogen (secondary N) is 1. The number of rotatable bonds is 6. The van der Waals surface area contributed by atoms with Crippen molar-refractivity contribution in [3.05, 3.63) is 6.20 Å². The van der Waals surface area contributed by atoms with Crippen LogP contribution in [0.1, 0.15) is 19.8 Å². The molecule has 0 aliphatic carbocycles. The molecular weight excluding hydrogens is 244 g/mol. The SMILES string of the molecule is CCC(O)CCNS(=O)(=O)c1cn(C)nc1N. The van der Waals surface area contributed by atoms with E-state index in [-0.39, 0.29) is 17.3 Å². The number of aryl methyl sites for hydroxylation is 1. The summed E-state index contributed by atoms with van der Waals surface area (Å²) >= 11 is 0. The Morgan fingerprint density at radius 1 is 1.65 bits per heavy atom. The zero-order chi connectivity index (χ0) is 13.1. The summed E-state index contributed by atoms with van der Waals surface area (Å²) in [5, 5.41) is 13.1. The van der Waals surface area contributed by atoms with Crippen LogP contribution in [0.4, 0.5) is 5.82 Å². The van der Waals surface area contributed by atoms with Gasteiger partial charge in [-0.3, -0.25) is 4.68 Å². The van der Waals surface area contributed by atoms with Crippen LogP contribution in [0.5, 0.6) is 0 Å². The van der Waals surface area contributed by atoms with Gasteiger partial charge in [0.05, 0.1) is 6.10 Å². The third-order valence-corrected chi connectivity index (χ3v) is 3.83. The van der Waals surface area contributed by atoms with E-state index in [0.717, 1.165) is 0 Å². The Hall–Kier alpha value is -1.12. The Labute approximate surface area is 101 Å². The fourth-order valence-corrected chi connectivity index (χ4v) is 2.48. The molecule has 0 amide bonds. The van der Waals surface area contributed by atoms with Gasteiger partial charge >= 0.3 is 0 Å². The van der Waals surface area contributed by atoms with Crippen LogP contribution in [0.3, 0.4) is 0 Å². The van der Waals surface area contributed by atoms with Crippen molar-refractivity contribution >= 4 is 15.8 Å². The summed E-state index contributed by atoms with van der Waals surface area (Å²) in [5.41, 5.74) is 5.48. The molecule has 1 atom stereocenters. The molecule has 0 saturated heterocycles. The van der Waals surface area contributed by atoms with E-state index in [9.17, 15) is 13.5 Å². The van der Waals surface area contributed by atoms with E-state index < -0.39 is 16.1 Å². The van der Waals surface area contributed by atoms with Crippen LogP contribution in [0.15, 0.2) is 11.1 Å². The lowest BCUT2D eigenvalue weighted by Crippen LogP contribution is -2.27. The molecule has 4 N–H and O–H groups in total. The molecule has 0 fully saturated rings. The largest absolute Gasteiger partial charge is 0.393 e. The summed E-state index contributed by atoms with van der Waals surface area (Å²) in [6.07, 6.45) is 1.81. The summed E-state index contributed by atoms with van der Waals surface area (Å²) in [6.45, 7) is 2.00. The average molecular weight is 262 g/mol. The van der Waals surface area contributed by atoms with Crippen molar-refractivity contribution in [3.8, 4) is 0 Å². The van der Waals surface area contributed by atoms with Crippen LogP contribution >= 0.6 is 0 Å². The molecule has 0 bridgehead atoms. The van der Waals surface area contributed by atoms with Crippen LogP contribution in [-0.4, -0.2) is 36.0 Å². The van der Waals surface area contributed by atoms with Gasteiger partial charge in [-0.2, -0.15) is 5.10 Å². The van der Waals surface area contributed by atoms with E-state index in [1.165, 1.54) is 10.9 Å². The first kappa shape index (κ1) is 13.9. The quantitative estimate of drug-likeness (QED) is 0.636. The van der Waals surface area contributed by atoms with E-state index in [1.807, 2.05) is 6.92 Å². The maximum atomic E-state index is 11.8. The number of aliphatic hydroxyl groups is 1. The summed E-state index contributed by atoms with van der Waals surface area (Å²) in [5.74, 6) is -0.0314. The minimum atomic E-state index is -3.64. The second kappa shape index (κ2) is 5.48. The summed E-state index contributed by atoms with van der Waals surface area (Å²) in [4.78, 5) is -0.0361. The van der Waals surface area contributed by atoms with E-state index in [1.54, 1.807) is 7.05 Å². The maximum absolute atomic E-state index is 11.8. The molecule has 1 aromatic heterocycles. The number of aliphatic hydroxyl groups excluding tert-OH is 1. The number of nitrogens with zero attached hydrogens (tertiary/aromatic N) is 2. The second-order valence-electron chi connectivity index (χ2n) is 3.80. The van der Waals surface area contributed by atoms with Gasteiger partial charge in [-0.25, -0.2) is 13.1 Å². The number of aromatic nitrogens is 2. The van der Waals surface area contributed by atoms with Crippen molar-refractivity contribution < 1.29 is 13.5 Å². The van der Waals surface area contributed by atoms with Crippen molar-refractivity contribution in [1.29, 1.82) is 0 Å². The minimum absolute atomic E-state index is 0.0314. The van der Waals surface area contributed by atoms with Gasteiger partial charge in [0, 0.05) is 19.8 Å². The lowest BCUT2D eigenvalue weighted by molar-refractivity contribution is 0.162. The third kappa shape index (κ3) is 3.69. The van der Waals surface area contributed by atoms with Crippen molar-refractivity contribution in [2.24, 2.45) is 7.05 Å². The van der Waals surface area contributed by atoms with Crippen LogP contribution in [0.25, 0.3) is 0 Å². The van der Waals surface area contributed by atoms with Gasteiger partial charge in [-0.15, -0.1) is 0 Å². The minimum Gasteiger partial charge on any atom is -0.393 e. The summed E-state index contributed by atoms with van der Waals surface area (Å²) in [7, 11) is -2.05. The molecular formula is C9H18N4O3S. The molecule has 1 rings (SSSR count). The average Bonchev–Trinajstić information content (AvgIpc) is 2.58. The zero-order valence-corrected chi connectivity index (χ0v) is 10.7. The van der Waals surface area contributed by atoms with Crippen molar-refractivity contribution in [1.82, 2.24) is 14.5 Å². The lowest BCUT2D eigenvalue weighted by atomic mass is 10.2. The smallest absolute Gasteiger partial charge is 0.245 e. The Morgan fingerprint density at radius 3 is 2.76 bits per heavy atom. The molecule has 1 aromatic rings. The van der Waals surface area contributed by atoms with E-state index in [2.05, 4.69) is 9.82 Å². The molecule has 1 heterocycles. The molecule has 0 radical (unpaired) electrons. The predicted molar refractivity (Wildman–Crippen MR) is 63.7 cm³/mol. The van der Waals surface area contributed by atoms with Gasteiger partial charge in [0.2, 0.25) is 10.0 Å². The van der Waals surface area contributed by atoms with Gasteiger partial charge in [-0.1, -0.05) is 6.92 Å².